The number of carbonyl (C=O) groups excluding carboxylic acids is 1. The molecule has 2 aromatic carbocycles. The first-order valence-corrected chi connectivity index (χ1v) is 9.08. The van der Waals surface area contributed by atoms with Crippen molar-refractivity contribution in [1.82, 2.24) is 5.32 Å². The topological polar surface area (TPSA) is 98.5 Å². The molecule has 0 aliphatic carbocycles. The minimum absolute atomic E-state index is 0.0612. The Bertz CT molecular complexity index is 802. The second-order valence-electron chi connectivity index (χ2n) is 5.45. The third-order valence-electron chi connectivity index (χ3n) is 3.33. The smallest absolute Gasteiger partial charge is 0.258 e. The van der Waals surface area contributed by atoms with Crippen molar-refractivity contribution < 1.29 is 17.9 Å². The lowest BCUT2D eigenvalue weighted by atomic mass is 10.1. The molecule has 2 rings (SSSR count). The molecule has 0 bridgehead atoms. The van der Waals surface area contributed by atoms with Gasteiger partial charge in [-0.2, -0.15) is 0 Å². The van der Waals surface area contributed by atoms with Gasteiger partial charge in [-0.3, -0.25) is 4.79 Å². The largest absolute Gasteiger partial charge is 0.484 e. The maximum absolute atomic E-state index is 11.8. The third kappa shape index (κ3) is 6.02. The van der Waals surface area contributed by atoms with E-state index >= 15 is 0 Å². The molecule has 0 unspecified atom stereocenters. The Morgan fingerprint density at radius 2 is 1.71 bits per heavy atom. The van der Waals surface area contributed by atoms with Gasteiger partial charge in [-0.25, -0.2) is 13.6 Å². The number of nitrogens with two attached hydrogens (primary N) is 1. The fraction of sp³-hybridized carbons (Fsp3) is 0.235. The van der Waals surface area contributed by atoms with Crippen LogP contribution in [0.4, 0.5) is 0 Å². The Morgan fingerprint density at radius 1 is 1.08 bits per heavy atom. The molecule has 1 amide bonds. The summed E-state index contributed by atoms with van der Waals surface area (Å²) in [6.45, 7) is 2.19. The highest BCUT2D eigenvalue weighted by molar-refractivity contribution is 7.88. The molecule has 2 aromatic rings. The Labute approximate surface area is 141 Å². The second-order valence-corrected chi connectivity index (χ2v) is 7.07. The molecule has 0 aromatic heterocycles. The Kier molecular flexibility index (Phi) is 5.94. The maximum atomic E-state index is 11.8. The zero-order valence-electron chi connectivity index (χ0n) is 13.4. The van der Waals surface area contributed by atoms with E-state index in [1.54, 1.807) is 24.3 Å². The molecule has 0 fully saturated rings. The van der Waals surface area contributed by atoms with E-state index in [0.29, 0.717) is 17.9 Å². The van der Waals surface area contributed by atoms with Crippen molar-refractivity contribution in [2.45, 2.75) is 19.2 Å². The molecule has 0 saturated carbocycles. The van der Waals surface area contributed by atoms with Crippen LogP contribution in [0.25, 0.3) is 0 Å². The number of rotatable bonds is 7. The zero-order chi connectivity index (χ0) is 17.6. The summed E-state index contributed by atoms with van der Waals surface area (Å²) in [5.41, 5.74) is 2.43. The molecule has 0 heterocycles. The van der Waals surface area contributed by atoms with E-state index in [0.717, 1.165) is 11.1 Å². The summed E-state index contributed by atoms with van der Waals surface area (Å²) in [5, 5.41) is 7.75. The van der Waals surface area contributed by atoms with Gasteiger partial charge in [0.15, 0.2) is 6.61 Å². The van der Waals surface area contributed by atoms with Crippen molar-refractivity contribution in [3.8, 4) is 5.75 Å². The summed E-state index contributed by atoms with van der Waals surface area (Å²) < 4.78 is 27.5. The average Bonchev–Trinajstić information content (AvgIpc) is 2.52. The number of hydrogen-bond donors (Lipinski definition) is 2. The lowest BCUT2D eigenvalue weighted by molar-refractivity contribution is -0.123. The van der Waals surface area contributed by atoms with Gasteiger partial charge in [-0.15, -0.1) is 0 Å². The van der Waals surface area contributed by atoms with Gasteiger partial charge in [-0.1, -0.05) is 42.5 Å². The van der Waals surface area contributed by atoms with Crippen LogP contribution in [0.15, 0.2) is 48.5 Å². The Balaban J connectivity index is 1.80. The minimum Gasteiger partial charge on any atom is -0.484 e. The number of sulfonamides is 1. The van der Waals surface area contributed by atoms with Crippen LogP contribution in [0.1, 0.15) is 16.7 Å². The van der Waals surface area contributed by atoms with E-state index in [-0.39, 0.29) is 18.3 Å². The van der Waals surface area contributed by atoms with E-state index in [2.05, 4.69) is 5.32 Å². The van der Waals surface area contributed by atoms with Gasteiger partial charge in [0.25, 0.3) is 5.91 Å². The monoisotopic (exact) mass is 348 g/mol. The summed E-state index contributed by atoms with van der Waals surface area (Å²) in [6.07, 6.45) is 0. The van der Waals surface area contributed by atoms with Crippen LogP contribution < -0.4 is 15.2 Å². The highest BCUT2D eigenvalue weighted by Crippen LogP contribution is 2.15. The lowest BCUT2D eigenvalue weighted by Gasteiger charge is -2.09. The van der Waals surface area contributed by atoms with Crippen LogP contribution in [0.2, 0.25) is 0 Å². The molecular weight excluding hydrogens is 328 g/mol. The van der Waals surface area contributed by atoms with Crippen molar-refractivity contribution in [1.29, 1.82) is 0 Å². The molecule has 128 valence electrons. The van der Waals surface area contributed by atoms with Crippen molar-refractivity contribution in [2.24, 2.45) is 5.14 Å². The van der Waals surface area contributed by atoms with Crippen molar-refractivity contribution in [3.05, 3.63) is 65.2 Å². The summed E-state index contributed by atoms with van der Waals surface area (Å²) >= 11 is 0. The summed E-state index contributed by atoms with van der Waals surface area (Å²) in [4.78, 5) is 11.8. The maximum Gasteiger partial charge on any atom is 0.258 e. The van der Waals surface area contributed by atoms with Crippen LogP contribution in [0, 0.1) is 6.92 Å². The Morgan fingerprint density at radius 3 is 2.33 bits per heavy atom. The molecule has 24 heavy (non-hydrogen) atoms. The predicted octanol–water partition coefficient (Wildman–Crippen LogP) is 1.48. The summed E-state index contributed by atoms with van der Waals surface area (Å²) in [7, 11) is -3.54. The number of amides is 1. The lowest BCUT2D eigenvalue weighted by Crippen LogP contribution is -2.28. The van der Waals surface area contributed by atoms with Gasteiger partial charge in [0.1, 0.15) is 5.75 Å². The molecule has 0 spiro atoms. The molecule has 7 heteroatoms. The number of primary sulfonamides is 1. The molecule has 0 aliphatic rings. The van der Waals surface area contributed by atoms with Crippen LogP contribution in [0.5, 0.6) is 5.75 Å². The van der Waals surface area contributed by atoms with E-state index in [9.17, 15) is 13.2 Å². The second kappa shape index (κ2) is 7.94. The summed E-state index contributed by atoms with van der Waals surface area (Å²) in [6, 6.07) is 14.3. The first-order chi connectivity index (χ1) is 11.3. The van der Waals surface area contributed by atoms with Gasteiger partial charge in [0.05, 0.1) is 5.75 Å². The fourth-order valence-corrected chi connectivity index (χ4v) is 2.76. The molecule has 0 saturated heterocycles. The molecule has 0 radical (unpaired) electrons. The normalized spacial score (nSPS) is 11.1. The van der Waals surface area contributed by atoms with Crippen LogP contribution in [-0.4, -0.2) is 20.9 Å². The number of para-hydroxylation sites is 1. The number of benzene rings is 2. The number of carbonyl (C=O) groups is 1. The highest BCUT2D eigenvalue weighted by atomic mass is 32.2. The molecule has 0 atom stereocenters. The van der Waals surface area contributed by atoms with E-state index < -0.39 is 10.0 Å². The first kappa shape index (κ1) is 18.0. The van der Waals surface area contributed by atoms with Gasteiger partial charge in [0, 0.05) is 6.54 Å². The van der Waals surface area contributed by atoms with Crippen molar-refractivity contribution in [2.75, 3.05) is 6.61 Å². The van der Waals surface area contributed by atoms with Crippen molar-refractivity contribution >= 4 is 15.9 Å². The minimum atomic E-state index is -3.54. The standard InChI is InChI=1S/C17H20N2O4S/c1-13-4-2-3-5-16(13)23-11-17(20)19-10-14-6-8-15(9-7-14)12-24(18,21)22/h2-9H,10-12H2,1H3,(H,19,20)(H2,18,21,22). The van der Waals surface area contributed by atoms with E-state index in [1.807, 2.05) is 31.2 Å². The van der Waals surface area contributed by atoms with Crippen LogP contribution >= 0.6 is 0 Å². The third-order valence-corrected chi connectivity index (χ3v) is 4.07. The first-order valence-electron chi connectivity index (χ1n) is 7.37. The highest BCUT2D eigenvalue weighted by Gasteiger charge is 2.06. The zero-order valence-corrected chi connectivity index (χ0v) is 14.2. The number of hydrogen-bond acceptors (Lipinski definition) is 4. The molecule has 0 aliphatic heterocycles. The van der Waals surface area contributed by atoms with Crippen LogP contribution in [0.3, 0.4) is 0 Å². The van der Waals surface area contributed by atoms with Gasteiger partial charge in [-0.05, 0) is 29.7 Å². The molecule has 6 nitrogen and oxygen atoms in total. The predicted molar refractivity (Wildman–Crippen MR) is 91.8 cm³/mol. The number of nitrogens with one attached hydrogen (secondary N) is 1. The van der Waals surface area contributed by atoms with Gasteiger partial charge in [0.2, 0.25) is 10.0 Å². The molecule has 3 N–H and O–H groups in total. The quantitative estimate of drug-likeness (QED) is 0.792. The van der Waals surface area contributed by atoms with Gasteiger partial charge >= 0.3 is 0 Å². The number of aryl methyl sites for hydroxylation is 1. The van der Waals surface area contributed by atoms with Crippen LogP contribution in [-0.2, 0) is 27.1 Å². The number of ether oxygens (including phenoxy) is 1. The Hall–Kier alpha value is -2.38. The fourth-order valence-electron chi connectivity index (χ4n) is 2.10. The van der Waals surface area contributed by atoms with Gasteiger partial charge < -0.3 is 10.1 Å². The van der Waals surface area contributed by atoms with E-state index in [1.165, 1.54) is 0 Å². The summed E-state index contributed by atoms with van der Waals surface area (Å²) in [5.74, 6) is 0.246. The average molecular weight is 348 g/mol. The van der Waals surface area contributed by atoms with Crippen molar-refractivity contribution in [3.63, 3.8) is 0 Å². The SMILES string of the molecule is Cc1ccccc1OCC(=O)NCc1ccc(CS(N)(=O)=O)cc1. The molecular formula is C17H20N2O4S. The van der Waals surface area contributed by atoms with E-state index in [4.69, 9.17) is 9.88 Å².